The molecule has 0 radical (unpaired) electrons. The first kappa shape index (κ1) is 14.6. The Morgan fingerprint density at radius 1 is 1.30 bits per heavy atom. The van der Waals surface area contributed by atoms with Crippen LogP contribution in [0.1, 0.15) is 38.2 Å². The van der Waals surface area contributed by atoms with Gasteiger partial charge in [-0.3, -0.25) is 9.59 Å². The van der Waals surface area contributed by atoms with Crippen LogP contribution >= 0.6 is 0 Å². The second kappa shape index (κ2) is 6.07. The van der Waals surface area contributed by atoms with Gasteiger partial charge in [-0.1, -0.05) is 30.3 Å². The summed E-state index contributed by atoms with van der Waals surface area (Å²) in [6.07, 6.45) is 1.52. The number of benzene rings is 1. The standard InChI is InChI=1S/C16H21NO3/c1-10(16(19)20)11(2)17-15(18)9-13-8-14(13)12-6-4-3-5-7-12/h3-7,10-11,13-14H,8-9H2,1-2H3,(H,17,18)(H,19,20)/t10?,11?,13-,14-/m0/s1. The molecule has 2 rings (SSSR count). The summed E-state index contributed by atoms with van der Waals surface area (Å²) in [6.45, 7) is 3.34. The molecule has 1 aliphatic rings. The molecule has 1 fully saturated rings. The zero-order chi connectivity index (χ0) is 14.7. The summed E-state index contributed by atoms with van der Waals surface area (Å²) in [4.78, 5) is 22.7. The van der Waals surface area contributed by atoms with Gasteiger partial charge in [-0.2, -0.15) is 0 Å². The first-order chi connectivity index (χ1) is 9.49. The molecule has 4 heteroatoms. The molecule has 1 amide bonds. The van der Waals surface area contributed by atoms with E-state index in [1.54, 1.807) is 13.8 Å². The maximum atomic E-state index is 11.9. The van der Waals surface area contributed by atoms with E-state index in [0.29, 0.717) is 18.3 Å². The van der Waals surface area contributed by atoms with Gasteiger partial charge in [-0.05, 0) is 37.7 Å². The van der Waals surface area contributed by atoms with E-state index in [2.05, 4.69) is 17.4 Å². The smallest absolute Gasteiger partial charge is 0.308 e. The number of hydrogen-bond acceptors (Lipinski definition) is 2. The van der Waals surface area contributed by atoms with Crippen LogP contribution in [0.25, 0.3) is 0 Å². The zero-order valence-corrected chi connectivity index (χ0v) is 11.9. The monoisotopic (exact) mass is 275 g/mol. The quantitative estimate of drug-likeness (QED) is 0.837. The van der Waals surface area contributed by atoms with E-state index in [1.807, 2.05) is 18.2 Å². The van der Waals surface area contributed by atoms with Crippen LogP contribution in [0.3, 0.4) is 0 Å². The third-order valence-corrected chi connectivity index (χ3v) is 4.13. The summed E-state index contributed by atoms with van der Waals surface area (Å²) in [5, 5.41) is 11.7. The molecular formula is C16H21NO3. The van der Waals surface area contributed by atoms with Crippen LogP contribution in [0.5, 0.6) is 0 Å². The Labute approximate surface area is 119 Å². The van der Waals surface area contributed by atoms with Gasteiger partial charge in [0.1, 0.15) is 0 Å². The normalized spacial score (nSPS) is 23.7. The lowest BCUT2D eigenvalue weighted by Gasteiger charge is -2.17. The van der Waals surface area contributed by atoms with Crippen LogP contribution in [-0.4, -0.2) is 23.0 Å². The van der Waals surface area contributed by atoms with Crippen LogP contribution in [-0.2, 0) is 9.59 Å². The van der Waals surface area contributed by atoms with Crippen molar-refractivity contribution in [3.8, 4) is 0 Å². The Bertz CT molecular complexity index is 486. The van der Waals surface area contributed by atoms with Crippen molar-refractivity contribution in [1.82, 2.24) is 5.32 Å². The van der Waals surface area contributed by atoms with Gasteiger partial charge in [0, 0.05) is 12.5 Å². The Kier molecular flexibility index (Phi) is 4.42. The van der Waals surface area contributed by atoms with Gasteiger partial charge < -0.3 is 10.4 Å². The average molecular weight is 275 g/mol. The largest absolute Gasteiger partial charge is 0.481 e. The summed E-state index contributed by atoms with van der Waals surface area (Å²) in [5.74, 6) is -0.623. The van der Waals surface area contributed by atoms with Crippen LogP contribution in [0, 0.1) is 11.8 Å². The van der Waals surface area contributed by atoms with Crippen molar-refractivity contribution >= 4 is 11.9 Å². The topological polar surface area (TPSA) is 66.4 Å². The lowest BCUT2D eigenvalue weighted by Crippen LogP contribution is -2.40. The molecule has 1 aromatic rings. The van der Waals surface area contributed by atoms with Crippen LogP contribution in [0.4, 0.5) is 0 Å². The van der Waals surface area contributed by atoms with Crippen molar-refractivity contribution in [3.63, 3.8) is 0 Å². The fraction of sp³-hybridized carbons (Fsp3) is 0.500. The van der Waals surface area contributed by atoms with Crippen molar-refractivity contribution in [2.24, 2.45) is 11.8 Å². The molecule has 0 spiro atoms. The Hall–Kier alpha value is -1.84. The number of amides is 1. The van der Waals surface area contributed by atoms with Gasteiger partial charge >= 0.3 is 5.97 Å². The van der Waals surface area contributed by atoms with Gasteiger partial charge in [-0.25, -0.2) is 0 Å². The van der Waals surface area contributed by atoms with Gasteiger partial charge in [0.05, 0.1) is 5.92 Å². The highest BCUT2D eigenvalue weighted by molar-refractivity contribution is 5.78. The number of rotatable bonds is 6. The van der Waals surface area contributed by atoms with E-state index in [4.69, 9.17) is 5.11 Å². The molecule has 1 saturated carbocycles. The van der Waals surface area contributed by atoms with Crippen LogP contribution in [0.2, 0.25) is 0 Å². The van der Waals surface area contributed by atoms with Gasteiger partial charge in [-0.15, -0.1) is 0 Å². The number of carbonyl (C=O) groups is 2. The summed E-state index contributed by atoms with van der Waals surface area (Å²) >= 11 is 0. The minimum absolute atomic E-state index is 0.0472. The van der Waals surface area contributed by atoms with Gasteiger partial charge in [0.25, 0.3) is 0 Å². The van der Waals surface area contributed by atoms with Crippen molar-refractivity contribution in [3.05, 3.63) is 35.9 Å². The molecule has 0 heterocycles. The first-order valence-corrected chi connectivity index (χ1v) is 7.06. The van der Waals surface area contributed by atoms with E-state index >= 15 is 0 Å². The molecule has 1 aliphatic carbocycles. The summed E-state index contributed by atoms with van der Waals surface area (Å²) in [7, 11) is 0. The molecule has 2 unspecified atom stereocenters. The van der Waals surface area contributed by atoms with E-state index in [0.717, 1.165) is 6.42 Å². The summed E-state index contributed by atoms with van der Waals surface area (Å²) in [5.41, 5.74) is 1.29. The van der Waals surface area contributed by atoms with Gasteiger partial charge in [0.2, 0.25) is 5.91 Å². The number of nitrogens with one attached hydrogen (secondary N) is 1. The molecule has 1 aromatic carbocycles. The van der Waals surface area contributed by atoms with Crippen molar-refractivity contribution in [1.29, 1.82) is 0 Å². The number of aliphatic carboxylic acids is 1. The minimum Gasteiger partial charge on any atom is -0.481 e. The highest BCUT2D eigenvalue weighted by Crippen LogP contribution is 2.49. The molecule has 0 bridgehead atoms. The minimum atomic E-state index is -0.883. The third kappa shape index (κ3) is 3.59. The second-order valence-corrected chi connectivity index (χ2v) is 5.70. The highest BCUT2D eigenvalue weighted by Gasteiger charge is 2.39. The fourth-order valence-corrected chi connectivity index (χ4v) is 2.47. The van der Waals surface area contributed by atoms with E-state index in [9.17, 15) is 9.59 Å². The molecule has 4 atom stereocenters. The lowest BCUT2D eigenvalue weighted by atomic mass is 10.0. The van der Waals surface area contributed by atoms with Crippen molar-refractivity contribution < 1.29 is 14.7 Å². The Morgan fingerprint density at radius 2 is 1.95 bits per heavy atom. The molecule has 0 aromatic heterocycles. The number of carboxylic acids is 1. The molecule has 2 N–H and O–H groups in total. The predicted molar refractivity (Wildman–Crippen MR) is 76.3 cm³/mol. The zero-order valence-electron chi connectivity index (χ0n) is 11.9. The molecule has 4 nitrogen and oxygen atoms in total. The first-order valence-electron chi connectivity index (χ1n) is 7.06. The van der Waals surface area contributed by atoms with E-state index in [-0.39, 0.29) is 11.9 Å². The molecule has 0 aliphatic heterocycles. The lowest BCUT2D eigenvalue weighted by molar-refractivity contribution is -0.142. The molecule has 108 valence electrons. The van der Waals surface area contributed by atoms with Crippen LogP contribution < -0.4 is 5.32 Å². The summed E-state index contributed by atoms with van der Waals surface area (Å²) < 4.78 is 0. The average Bonchev–Trinajstić information content (AvgIpc) is 3.17. The number of hydrogen-bond donors (Lipinski definition) is 2. The Morgan fingerprint density at radius 3 is 2.55 bits per heavy atom. The molecule has 0 saturated heterocycles. The number of carbonyl (C=O) groups excluding carboxylic acids is 1. The number of carboxylic acid groups (broad SMARTS) is 1. The molecule has 20 heavy (non-hydrogen) atoms. The highest BCUT2D eigenvalue weighted by atomic mass is 16.4. The molecular weight excluding hydrogens is 254 g/mol. The second-order valence-electron chi connectivity index (χ2n) is 5.70. The fourth-order valence-electron chi connectivity index (χ4n) is 2.47. The Balaban J connectivity index is 1.78. The van der Waals surface area contributed by atoms with Crippen LogP contribution in [0.15, 0.2) is 30.3 Å². The maximum absolute atomic E-state index is 11.9. The SMILES string of the molecule is CC(NC(=O)C[C@@H]1C[C@H]1c1ccccc1)C(C)C(=O)O. The van der Waals surface area contributed by atoms with E-state index in [1.165, 1.54) is 5.56 Å². The maximum Gasteiger partial charge on any atom is 0.308 e. The van der Waals surface area contributed by atoms with E-state index < -0.39 is 11.9 Å². The third-order valence-electron chi connectivity index (χ3n) is 4.13. The predicted octanol–water partition coefficient (Wildman–Crippen LogP) is 2.41. The van der Waals surface area contributed by atoms with Crippen molar-refractivity contribution in [2.45, 2.75) is 38.6 Å². The summed E-state index contributed by atoms with van der Waals surface area (Å²) in [6, 6.07) is 9.87. The van der Waals surface area contributed by atoms with Crippen molar-refractivity contribution in [2.75, 3.05) is 0 Å². The van der Waals surface area contributed by atoms with Gasteiger partial charge in [0.15, 0.2) is 0 Å².